The Morgan fingerprint density at radius 1 is 0.822 bits per heavy atom. The van der Waals surface area contributed by atoms with Crippen LogP contribution in [0.3, 0.4) is 0 Å². The van der Waals surface area contributed by atoms with Crippen LogP contribution in [0.25, 0.3) is 10.8 Å². The van der Waals surface area contributed by atoms with E-state index in [1.807, 2.05) is 104 Å². The van der Waals surface area contributed by atoms with E-state index in [1.54, 1.807) is 14.7 Å². The van der Waals surface area contributed by atoms with Gasteiger partial charge in [-0.25, -0.2) is 0 Å². The lowest BCUT2D eigenvalue weighted by atomic mass is 9.73. The van der Waals surface area contributed by atoms with Crippen molar-refractivity contribution < 1.29 is 24.2 Å². The number of unbranched alkanes of at least 4 members (excludes halogenated alkanes) is 1. The number of aliphatic hydroxyl groups excluding tert-OH is 1. The molecule has 3 aromatic carbocycles. The number of nitrogens with zero attached hydrogens (tertiary/aromatic N) is 3. The van der Waals surface area contributed by atoms with Crippen LogP contribution < -0.4 is 4.90 Å². The van der Waals surface area contributed by atoms with Crippen molar-refractivity contribution in [2.75, 3.05) is 31.1 Å². The van der Waals surface area contributed by atoms with Crippen molar-refractivity contribution in [3.8, 4) is 0 Å². The third kappa shape index (κ3) is 4.70. The number of hydrogen-bond acceptors (Lipinski definition) is 5. The van der Waals surface area contributed by atoms with Gasteiger partial charge in [0.25, 0.3) is 5.91 Å². The number of hydrogen-bond donors (Lipinski definition) is 1. The standard InChI is InChI=1S/C37H39N3O5/c1-2-36-18-10-20-38(25-26-12-4-3-5-13-26)33(42)30(36)31-34(43)40(21-8-9-23-41)32-35(44)39(22-11-19-37(31,32)45-36)29-17-16-27-14-6-7-15-28(27)24-29/h3-7,10-19,24,30-32,41H,2,8-9,20-23,25H2,1H3/t30-,31+,32?,36+,37+/m1/s1. The molecule has 0 saturated carbocycles. The summed E-state index contributed by atoms with van der Waals surface area (Å²) in [4.78, 5) is 49.2. The maximum absolute atomic E-state index is 14.8. The molecule has 4 heterocycles. The Labute approximate surface area is 263 Å². The molecule has 1 N–H and O–H groups in total. The first-order valence-corrected chi connectivity index (χ1v) is 16.0. The molecule has 4 aliphatic rings. The molecule has 8 heteroatoms. The van der Waals surface area contributed by atoms with Crippen LogP contribution in [0.4, 0.5) is 5.69 Å². The minimum Gasteiger partial charge on any atom is -0.396 e. The van der Waals surface area contributed by atoms with Crippen molar-refractivity contribution in [3.05, 3.63) is 103 Å². The molecule has 7 rings (SSSR count). The van der Waals surface area contributed by atoms with Crippen LogP contribution in [0.2, 0.25) is 0 Å². The molecule has 0 radical (unpaired) electrons. The predicted octanol–water partition coefficient (Wildman–Crippen LogP) is 4.47. The predicted molar refractivity (Wildman–Crippen MR) is 172 cm³/mol. The fourth-order valence-electron chi connectivity index (χ4n) is 7.97. The lowest BCUT2D eigenvalue weighted by Crippen LogP contribution is -2.56. The molecule has 0 bridgehead atoms. The first-order valence-electron chi connectivity index (χ1n) is 16.0. The molecular weight excluding hydrogens is 566 g/mol. The largest absolute Gasteiger partial charge is 0.396 e. The highest BCUT2D eigenvalue weighted by Crippen LogP contribution is 2.58. The molecular formula is C37H39N3O5. The number of fused-ring (bicyclic) bond motifs is 3. The Morgan fingerprint density at radius 3 is 2.36 bits per heavy atom. The van der Waals surface area contributed by atoms with Crippen molar-refractivity contribution in [2.45, 2.75) is 50.0 Å². The molecule has 232 valence electrons. The summed E-state index contributed by atoms with van der Waals surface area (Å²) in [6, 6.07) is 22.9. The van der Waals surface area contributed by atoms with E-state index < -0.39 is 29.1 Å². The number of anilines is 1. The van der Waals surface area contributed by atoms with E-state index in [1.165, 1.54) is 0 Å². The fraction of sp³-hybridized carbons (Fsp3) is 0.378. The summed E-state index contributed by atoms with van der Waals surface area (Å²) in [5.41, 5.74) is -0.584. The van der Waals surface area contributed by atoms with E-state index in [0.29, 0.717) is 45.4 Å². The van der Waals surface area contributed by atoms with Crippen molar-refractivity contribution in [2.24, 2.45) is 11.8 Å². The molecule has 1 spiro atoms. The van der Waals surface area contributed by atoms with Crippen molar-refractivity contribution >= 4 is 34.2 Å². The van der Waals surface area contributed by atoms with Gasteiger partial charge in [0.05, 0.1) is 17.4 Å². The number of rotatable bonds is 8. The second-order valence-corrected chi connectivity index (χ2v) is 12.6. The van der Waals surface area contributed by atoms with E-state index in [9.17, 15) is 19.5 Å². The van der Waals surface area contributed by atoms with Gasteiger partial charge in [0, 0.05) is 38.5 Å². The Hall–Kier alpha value is -4.27. The maximum atomic E-state index is 14.8. The first-order chi connectivity index (χ1) is 21.9. The Balaban J connectivity index is 1.31. The monoisotopic (exact) mass is 605 g/mol. The molecule has 2 saturated heterocycles. The topological polar surface area (TPSA) is 90.4 Å². The van der Waals surface area contributed by atoms with Gasteiger partial charge in [0.1, 0.15) is 11.6 Å². The summed E-state index contributed by atoms with van der Waals surface area (Å²) in [5.74, 6) is -2.24. The highest BCUT2D eigenvalue weighted by molar-refractivity contribution is 6.06. The Morgan fingerprint density at radius 2 is 1.58 bits per heavy atom. The third-order valence-electron chi connectivity index (χ3n) is 10.1. The smallest absolute Gasteiger partial charge is 0.253 e. The molecule has 5 atom stereocenters. The van der Waals surface area contributed by atoms with Gasteiger partial charge in [0.15, 0.2) is 0 Å². The molecule has 0 aliphatic carbocycles. The van der Waals surface area contributed by atoms with Crippen molar-refractivity contribution in [1.82, 2.24) is 9.80 Å². The molecule has 8 nitrogen and oxygen atoms in total. The van der Waals surface area contributed by atoms with E-state index in [2.05, 4.69) is 0 Å². The first kappa shape index (κ1) is 29.4. The van der Waals surface area contributed by atoms with Crippen LogP contribution in [0.5, 0.6) is 0 Å². The summed E-state index contributed by atoms with van der Waals surface area (Å²) in [7, 11) is 0. The molecule has 1 unspecified atom stereocenters. The van der Waals surface area contributed by atoms with Gasteiger partial charge in [-0.05, 0) is 47.7 Å². The van der Waals surface area contributed by atoms with Crippen LogP contribution in [-0.2, 0) is 25.7 Å². The molecule has 3 amide bonds. The summed E-state index contributed by atoms with van der Waals surface area (Å²) in [5, 5.41) is 11.6. The minimum absolute atomic E-state index is 0.00582. The van der Waals surface area contributed by atoms with Crippen LogP contribution in [0.1, 0.15) is 31.7 Å². The van der Waals surface area contributed by atoms with Crippen LogP contribution in [0, 0.1) is 11.8 Å². The highest BCUT2D eigenvalue weighted by atomic mass is 16.5. The van der Waals surface area contributed by atoms with E-state index >= 15 is 0 Å². The molecule has 4 aliphatic heterocycles. The SMILES string of the molecule is CC[C@]12C=CCN(Cc3ccccc3)C(=O)[C@H]1[C@H]1C(=O)N(CCCCO)C3C(=O)N(c4ccc5ccccc5c4)CC=C[C@@]31O2. The normalized spacial score (nSPS) is 29.2. The van der Waals surface area contributed by atoms with Gasteiger partial charge in [-0.15, -0.1) is 0 Å². The highest BCUT2D eigenvalue weighted by Gasteiger charge is 2.75. The molecule has 2 fully saturated rings. The van der Waals surface area contributed by atoms with Gasteiger partial charge in [-0.2, -0.15) is 0 Å². The van der Waals surface area contributed by atoms with Crippen molar-refractivity contribution in [3.63, 3.8) is 0 Å². The number of benzene rings is 3. The number of carbonyl (C=O) groups is 3. The fourth-order valence-corrected chi connectivity index (χ4v) is 7.97. The van der Waals surface area contributed by atoms with Crippen LogP contribution in [0.15, 0.2) is 97.1 Å². The van der Waals surface area contributed by atoms with E-state index in [0.717, 1.165) is 22.0 Å². The number of amides is 3. The lowest BCUT2D eigenvalue weighted by Gasteiger charge is -2.38. The van der Waals surface area contributed by atoms with E-state index in [4.69, 9.17) is 4.74 Å². The van der Waals surface area contributed by atoms with Crippen molar-refractivity contribution in [1.29, 1.82) is 0 Å². The third-order valence-corrected chi connectivity index (χ3v) is 10.1. The van der Waals surface area contributed by atoms with Crippen LogP contribution in [-0.4, -0.2) is 76.1 Å². The van der Waals surface area contributed by atoms with Gasteiger partial charge < -0.3 is 24.5 Å². The second-order valence-electron chi connectivity index (χ2n) is 12.6. The second kappa shape index (κ2) is 11.6. The maximum Gasteiger partial charge on any atom is 0.253 e. The summed E-state index contributed by atoms with van der Waals surface area (Å²) in [6.07, 6.45) is 9.30. The zero-order valence-electron chi connectivity index (χ0n) is 25.5. The average molecular weight is 606 g/mol. The quantitative estimate of drug-likeness (QED) is 0.302. The average Bonchev–Trinajstić information content (AvgIpc) is 3.35. The van der Waals surface area contributed by atoms with Gasteiger partial charge >= 0.3 is 0 Å². The van der Waals surface area contributed by atoms with Gasteiger partial charge in [0.2, 0.25) is 11.8 Å². The molecule has 45 heavy (non-hydrogen) atoms. The minimum atomic E-state index is -1.31. The summed E-state index contributed by atoms with van der Waals surface area (Å²) >= 11 is 0. The van der Waals surface area contributed by atoms with Crippen LogP contribution >= 0.6 is 0 Å². The summed E-state index contributed by atoms with van der Waals surface area (Å²) in [6.45, 7) is 3.42. The van der Waals surface area contributed by atoms with E-state index in [-0.39, 0.29) is 24.3 Å². The summed E-state index contributed by atoms with van der Waals surface area (Å²) < 4.78 is 7.10. The zero-order valence-corrected chi connectivity index (χ0v) is 25.5. The zero-order chi connectivity index (χ0) is 31.2. The number of aliphatic hydroxyl groups is 1. The lowest BCUT2D eigenvalue weighted by molar-refractivity contribution is -0.150. The Kier molecular flexibility index (Phi) is 7.58. The number of likely N-dealkylation sites (tertiary alicyclic amines) is 1. The number of carbonyl (C=O) groups excluding carboxylic acids is 3. The molecule has 0 aromatic heterocycles. The Bertz CT molecular complexity index is 1690. The van der Waals surface area contributed by atoms with Gasteiger partial charge in [-0.1, -0.05) is 91.9 Å². The van der Waals surface area contributed by atoms with Gasteiger partial charge in [-0.3, -0.25) is 14.4 Å². The number of ether oxygens (including phenoxy) is 1. The molecule has 3 aromatic rings.